The minimum absolute atomic E-state index is 0.203. The van der Waals surface area contributed by atoms with E-state index in [1.54, 1.807) is 6.92 Å². The summed E-state index contributed by atoms with van der Waals surface area (Å²) in [4.78, 5) is 11.1. The van der Waals surface area contributed by atoms with Crippen molar-refractivity contribution in [3.8, 4) is 0 Å². The number of rotatable bonds is 5. The Balaban J connectivity index is 5.45. The summed E-state index contributed by atoms with van der Waals surface area (Å²) in [6.07, 6.45) is -17.3. The van der Waals surface area contributed by atoms with Crippen LogP contribution in [0.4, 0.5) is 35.1 Å². The van der Waals surface area contributed by atoms with Gasteiger partial charge in [-0.3, -0.25) is 0 Å². The fourth-order valence-corrected chi connectivity index (χ4v) is 1.32. The van der Waals surface area contributed by atoms with Crippen LogP contribution in [-0.4, -0.2) is 24.4 Å². The first-order chi connectivity index (χ1) is 9.24. The van der Waals surface area contributed by atoms with Crippen molar-refractivity contribution in [1.29, 1.82) is 0 Å². The monoisotopic (exact) mass is 328 g/mol. The molecule has 0 aromatic carbocycles. The fourth-order valence-electron chi connectivity index (χ4n) is 1.32. The molecule has 0 aliphatic heterocycles. The van der Waals surface area contributed by atoms with Gasteiger partial charge in [-0.05, 0) is 19.8 Å². The normalized spacial score (nSPS) is 14.8. The number of hydrogen-bond acceptors (Lipinski definition) is 2. The van der Waals surface area contributed by atoms with Crippen molar-refractivity contribution in [2.75, 3.05) is 0 Å². The smallest absolute Gasteiger partial charge is 0.390 e. The van der Waals surface area contributed by atoms with Gasteiger partial charge in [0.15, 0.2) is 0 Å². The molecule has 0 aliphatic rings. The molecule has 0 saturated carbocycles. The van der Waals surface area contributed by atoms with Crippen molar-refractivity contribution in [1.82, 2.24) is 0 Å². The Morgan fingerprint density at radius 2 is 1.48 bits per heavy atom. The number of esters is 1. The van der Waals surface area contributed by atoms with E-state index in [9.17, 15) is 39.9 Å². The highest BCUT2D eigenvalue weighted by Crippen LogP contribution is 2.39. The maximum atomic E-state index is 12.6. The molecule has 0 spiro atoms. The zero-order valence-electron chi connectivity index (χ0n) is 11.0. The molecule has 0 saturated heterocycles. The van der Waals surface area contributed by atoms with Crippen LogP contribution in [0.1, 0.15) is 33.1 Å². The number of alkyl halides is 8. The predicted octanol–water partition coefficient (Wildman–Crippen LogP) is 4.75. The molecule has 124 valence electrons. The molecule has 0 heterocycles. The van der Waals surface area contributed by atoms with Gasteiger partial charge in [-0.2, -0.15) is 35.1 Å². The number of unbranched alkanes of at least 4 members (excludes halogenated alkanes) is 1. The topological polar surface area (TPSA) is 26.3 Å². The van der Waals surface area contributed by atoms with E-state index < -0.39 is 35.6 Å². The van der Waals surface area contributed by atoms with Gasteiger partial charge in [0, 0.05) is 0 Å². The molecule has 0 amide bonds. The van der Waals surface area contributed by atoms with Crippen LogP contribution in [0.2, 0.25) is 0 Å². The van der Waals surface area contributed by atoms with E-state index in [0.29, 0.717) is 6.42 Å². The van der Waals surface area contributed by atoms with E-state index >= 15 is 0 Å². The van der Waals surface area contributed by atoms with E-state index in [-0.39, 0.29) is 12.8 Å². The molecule has 0 radical (unpaired) electrons. The largest absolute Gasteiger partial charge is 0.501 e. The Morgan fingerprint density at radius 3 is 1.81 bits per heavy atom. The van der Waals surface area contributed by atoms with Crippen LogP contribution in [-0.2, 0) is 9.53 Å². The van der Waals surface area contributed by atoms with Crippen LogP contribution < -0.4 is 0 Å². The van der Waals surface area contributed by atoms with Crippen molar-refractivity contribution in [2.24, 2.45) is 0 Å². The highest BCUT2D eigenvalue weighted by Gasteiger charge is 2.63. The Kier molecular flexibility index (Phi) is 6.18. The molecule has 0 bridgehead atoms. The summed E-state index contributed by atoms with van der Waals surface area (Å²) in [6, 6.07) is 0. The van der Waals surface area contributed by atoms with Crippen LogP contribution in [0.15, 0.2) is 11.1 Å². The van der Waals surface area contributed by atoms with Gasteiger partial charge in [-0.25, -0.2) is 4.79 Å². The summed E-state index contributed by atoms with van der Waals surface area (Å²) < 4.78 is 101. The van der Waals surface area contributed by atoms with Crippen molar-refractivity contribution < 1.29 is 44.7 Å². The number of halogens is 8. The third-order valence-electron chi connectivity index (χ3n) is 2.37. The van der Waals surface area contributed by atoms with Crippen LogP contribution in [0.3, 0.4) is 0 Å². The third-order valence-corrected chi connectivity index (χ3v) is 2.37. The van der Waals surface area contributed by atoms with Crippen molar-refractivity contribution in [3.63, 3.8) is 0 Å². The molecule has 0 atom stereocenters. The van der Waals surface area contributed by atoms with Gasteiger partial charge >= 0.3 is 24.4 Å². The molecule has 2 nitrogen and oxygen atoms in total. The average molecular weight is 328 g/mol. The maximum Gasteiger partial charge on any atom is 0.501 e. The standard InChI is InChI=1S/C11H12F8O2/c1-3-4-5-6(2)7(9(12,13)14)8(20)21-11(18,19)10(15,16)17/h3-5H2,1-2H3. The van der Waals surface area contributed by atoms with E-state index in [1.165, 1.54) is 0 Å². The predicted molar refractivity (Wildman–Crippen MR) is 55.4 cm³/mol. The first-order valence-corrected chi connectivity index (χ1v) is 5.68. The number of carbonyl (C=O) groups is 1. The van der Waals surface area contributed by atoms with E-state index in [4.69, 9.17) is 0 Å². The zero-order valence-corrected chi connectivity index (χ0v) is 11.0. The molecule has 0 aliphatic carbocycles. The van der Waals surface area contributed by atoms with Gasteiger partial charge in [0.2, 0.25) is 0 Å². The Morgan fingerprint density at radius 1 is 1.00 bits per heavy atom. The molecule has 0 N–H and O–H groups in total. The molecule has 0 unspecified atom stereocenters. The van der Waals surface area contributed by atoms with Gasteiger partial charge in [0.25, 0.3) is 0 Å². The molecule has 0 rings (SSSR count). The SMILES string of the molecule is CCCCC(C)=C(C(=O)OC(F)(F)C(F)(F)F)C(F)(F)F. The van der Waals surface area contributed by atoms with E-state index in [2.05, 4.69) is 4.74 Å². The summed E-state index contributed by atoms with van der Waals surface area (Å²) in [7, 11) is 0. The van der Waals surface area contributed by atoms with Crippen LogP contribution >= 0.6 is 0 Å². The number of ether oxygens (including phenoxy) is 1. The van der Waals surface area contributed by atoms with Crippen LogP contribution in [0.5, 0.6) is 0 Å². The minimum atomic E-state index is -6.29. The fraction of sp³-hybridized carbons (Fsp3) is 0.727. The van der Waals surface area contributed by atoms with Gasteiger partial charge < -0.3 is 4.74 Å². The molecular formula is C11H12F8O2. The molecule has 0 aromatic heterocycles. The average Bonchev–Trinajstić information content (AvgIpc) is 2.21. The summed E-state index contributed by atoms with van der Waals surface area (Å²) in [5.41, 5.74) is -2.80. The third kappa shape index (κ3) is 5.50. The van der Waals surface area contributed by atoms with Crippen molar-refractivity contribution >= 4 is 5.97 Å². The number of hydrogen-bond donors (Lipinski definition) is 0. The lowest BCUT2D eigenvalue weighted by Crippen LogP contribution is -2.42. The summed E-state index contributed by atoms with van der Waals surface area (Å²) in [6.45, 7) is 2.45. The van der Waals surface area contributed by atoms with Gasteiger partial charge in [0.1, 0.15) is 5.57 Å². The van der Waals surface area contributed by atoms with Crippen LogP contribution in [0, 0.1) is 0 Å². The lowest BCUT2D eigenvalue weighted by atomic mass is 10.0. The second kappa shape index (κ2) is 6.61. The Bertz CT molecular complexity index is 405. The van der Waals surface area contributed by atoms with Crippen molar-refractivity contribution in [2.45, 2.75) is 51.6 Å². The first kappa shape index (κ1) is 19.7. The van der Waals surface area contributed by atoms with Gasteiger partial charge in [-0.1, -0.05) is 18.9 Å². The van der Waals surface area contributed by atoms with Gasteiger partial charge in [0.05, 0.1) is 0 Å². The van der Waals surface area contributed by atoms with E-state index in [0.717, 1.165) is 6.92 Å². The highest BCUT2D eigenvalue weighted by atomic mass is 19.4. The zero-order chi connectivity index (χ0) is 17.1. The molecule has 0 aromatic rings. The minimum Gasteiger partial charge on any atom is -0.390 e. The van der Waals surface area contributed by atoms with Crippen molar-refractivity contribution in [3.05, 3.63) is 11.1 Å². The molecule has 10 heteroatoms. The summed E-state index contributed by atoms with van der Waals surface area (Å²) in [5.74, 6) is -2.75. The lowest BCUT2D eigenvalue weighted by Gasteiger charge is -2.21. The number of allylic oxidation sites excluding steroid dienone is 1. The maximum absolute atomic E-state index is 12.6. The second-order valence-corrected chi connectivity index (χ2v) is 4.16. The van der Waals surface area contributed by atoms with Gasteiger partial charge in [-0.15, -0.1) is 0 Å². The highest BCUT2D eigenvalue weighted by molar-refractivity contribution is 5.91. The Hall–Kier alpha value is -1.35. The number of carbonyl (C=O) groups excluding carboxylic acids is 1. The molecule has 0 fully saturated rings. The summed E-state index contributed by atoms with van der Waals surface area (Å²) >= 11 is 0. The second-order valence-electron chi connectivity index (χ2n) is 4.16. The quantitative estimate of drug-likeness (QED) is 0.413. The lowest BCUT2D eigenvalue weighted by molar-refractivity contribution is -0.375. The van der Waals surface area contributed by atoms with Crippen LogP contribution in [0.25, 0.3) is 0 Å². The molecule has 21 heavy (non-hydrogen) atoms. The van der Waals surface area contributed by atoms with E-state index in [1.807, 2.05) is 0 Å². The first-order valence-electron chi connectivity index (χ1n) is 5.68. The Labute approximate surface area is 114 Å². The molecular weight excluding hydrogens is 316 g/mol. The summed E-state index contributed by atoms with van der Waals surface area (Å²) in [5, 5.41) is 0.